The molecule has 104 valence electrons. The number of carbonyl (C=O) groups excluding carboxylic acids is 2. The minimum absolute atomic E-state index is 0.179. The van der Waals surface area contributed by atoms with Crippen molar-refractivity contribution in [2.24, 2.45) is 0 Å². The lowest BCUT2D eigenvalue weighted by atomic mass is 9.99. The first-order valence-electron chi connectivity index (χ1n) is 6.39. The Morgan fingerprint density at radius 3 is 1.58 bits per heavy atom. The van der Waals surface area contributed by atoms with Crippen LogP contribution in [0.2, 0.25) is 0 Å². The molecule has 0 aromatic carbocycles. The Balaban J connectivity index is 2.02. The van der Waals surface area contributed by atoms with Gasteiger partial charge in [0.2, 0.25) is 0 Å². The molecule has 2 heterocycles. The molecule has 19 heavy (non-hydrogen) atoms. The Hall–Kier alpha value is -1.62. The van der Waals surface area contributed by atoms with Crippen molar-refractivity contribution in [2.45, 2.75) is 52.1 Å². The van der Waals surface area contributed by atoms with Crippen molar-refractivity contribution >= 4 is 11.9 Å². The Kier molecular flexibility index (Phi) is 3.75. The average molecular weight is 266 g/mol. The summed E-state index contributed by atoms with van der Waals surface area (Å²) in [5.74, 6) is -0.787. The third-order valence-corrected chi connectivity index (χ3v) is 2.73. The van der Waals surface area contributed by atoms with Gasteiger partial charge >= 0.3 is 11.9 Å². The van der Waals surface area contributed by atoms with Crippen LogP contribution in [-0.4, -0.2) is 36.4 Å². The van der Waals surface area contributed by atoms with Crippen LogP contribution in [0.3, 0.4) is 0 Å². The molecule has 5 heteroatoms. The predicted octanol–water partition coefficient (Wildman–Crippen LogP) is 1.52. The van der Waals surface area contributed by atoms with Gasteiger partial charge in [-0.15, -0.1) is 0 Å². The highest BCUT2D eigenvalue weighted by Gasteiger charge is 2.41. The number of rotatable bonds is 4. The second kappa shape index (κ2) is 5.17. The van der Waals surface area contributed by atoms with Crippen molar-refractivity contribution in [3.05, 3.63) is 23.3 Å². The van der Waals surface area contributed by atoms with Gasteiger partial charge in [0, 0.05) is 0 Å². The molecule has 2 aliphatic heterocycles. The van der Waals surface area contributed by atoms with E-state index in [1.807, 2.05) is 0 Å². The van der Waals surface area contributed by atoms with Crippen LogP contribution in [0.5, 0.6) is 0 Å². The molecule has 0 saturated heterocycles. The van der Waals surface area contributed by atoms with E-state index in [-0.39, 0.29) is 12.2 Å². The molecule has 0 saturated carbocycles. The number of fused-ring (bicyclic) bond motifs is 2. The summed E-state index contributed by atoms with van der Waals surface area (Å²) >= 11 is 0. The second-order valence-electron chi connectivity index (χ2n) is 5.13. The molecule has 0 spiro atoms. The maximum atomic E-state index is 11.8. The lowest BCUT2D eigenvalue weighted by molar-refractivity contribution is -0.144. The van der Waals surface area contributed by atoms with Gasteiger partial charge in [-0.05, 0) is 39.8 Å². The van der Waals surface area contributed by atoms with Gasteiger partial charge < -0.3 is 14.2 Å². The molecule has 0 radical (unpaired) electrons. The molecule has 0 N–H and O–H groups in total. The van der Waals surface area contributed by atoms with Gasteiger partial charge in [0.15, 0.2) is 0 Å². The van der Waals surface area contributed by atoms with Gasteiger partial charge in [-0.3, -0.25) is 0 Å². The Morgan fingerprint density at radius 1 is 0.947 bits per heavy atom. The van der Waals surface area contributed by atoms with Crippen LogP contribution in [0.4, 0.5) is 0 Å². The molecule has 0 aromatic rings. The van der Waals surface area contributed by atoms with Crippen LogP contribution in [0.25, 0.3) is 0 Å². The van der Waals surface area contributed by atoms with Gasteiger partial charge in [0.05, 0.1) is 23.4 Å². The molecule has 2 atom stereocenters. The third kappa shape index (κ3) is 2.87. The molecule has 5 nitrogen and oxygen atoms in total. The fourth-order valence-electron chi connectivity index (χ4n) is 2.01. The minimum Gasteiger partial charge on any atom is -0.460 e. The predicted molar refractivity (Wildman–Crippen MR) is 67.3 cm³/mol. The fraction of sp³-hybridized carbons (Fsp3) is 0.571. The quantitative estimate of drug-likeness (QED) is 0.722. The fourth-order valence-corrected chi connectivity index (χ4v) is 2.01. The van der Waals surface area contributed by atoms with Gasteiger partial charge in [0.1, 0.15) is 12.2 Å². The zero-order valence-electron chi connectivity index (χ0n) is 11.5. The molecule has 0 amide bonds. The molecule has 0 aliphatic carbocycles. The zero-order valence-corrected chi connectivity index (χ0v) is 11.5. The number of carbonyl (C=O) groups is 2. The summed E-state index contributed by atoms with van der Waals surface area (Å²) in [6.07, 6.45) is 1.92. The number of ether oxygens (including phenoxy) is 3. The standard InChI is InChI=1S/C14H18O5/c1-7(2)17-13(15)9-5-12-10(6-11(9)19-12)14(16)18-8(3)4/h5-8,11-12H,1-4H3. The van der Waals surface area contributed by atoms with Gasteiger partial charge in [-0.1, -0.05) is 0 Å². The van der Waals surface area contributed by atoms with Gasteiger partial charge in [0.25, 0.3) is 0 Å². The Morgan fingerprint density at radius 2 is 1.32 bits per heavy atom. The number of hydrogen-bond acceptors (Lipinski definition) is 5. The first-order chi connectivity index (χ1) is 8.88. The third-order valence-electron chi connectivity index (χ3n) is 2.73. The highest BCUT2D eigenvalue weighted by atomic mass is 16.6. The summed E-state index contributed by atoms with van der Waals surface area (Å²) in [5, 5.41) is 0. The molecule has 0 fully saturated rings. The van der Waals surface area contributed by atoms with E-state index >= 15 is 0 Å². The summed E-state index contributed by atoms with van der Waals surface area (Å²) < 4.78 is 15.7. The number of hydrogen-bond donors (Lipinski definition) is 0. The van der Waals surface area contributed by atoms with Crippen LogP contribution in [0.1, 0.15) is 27.7 Å². The molecular weight excluding hydrogens is 248 g/mol. The summed E-state index contributed by atoms with van der Waals surface area (Å²) in [5.41, 5.74) is 0.916. The Labute approximate surface area is 112 Å². The van der Waals surface area contributed by atoms with Crippen LogP contribution < -0.4 is 0 Å². The first-order valence-corrected chi connectivity index (χ1v) is 6.39. The van der Waals surface area contributed by atoms with Crippen molar-refractivity contribution in [3.63, 3.8) is 0 Å². The van der Waals surface area contributed by atoms with Crippen molar-refractivity contribution in [2.75, 3.05) is 0 Å². The van der Waals surface area contributed by atoms with E-state index in [0.29, 0.717) is 11.1 Å². The summed E-state index contributed by atoms with van der Waals surface area (Å²) in [6, 6.07) is 0. The number of esters is 2. The molecule has 2 aliphatic rings. The van der Waals surface area contributed by atoms with Gasteiger partial charge in [-0.25, -0.2) is 9.59 Å². The van der Waals surface area contributed by atoms with Crippen molar-refractivity contribution in [1.29, 1.82) is 0 Å². The normalized spacial score (nSPS) is 24.5. The van der Waals surface area contributed by atoms with Crippen molar-refractivity contribution in [3.8, 4) is 0 Å². The summed E-state index contributed by atoms with van der Waals surface area (Å²) in [4.78, 5) is 23.6. The van der Waals surface area contributed by atoms with Crippen LogP contribution in [-0.2, 0) is 23.8 Å². The largest absolute Gasteiger partial charge is 0.460 e. The maximum Gasteiger partial charge on any atom is 0.337 e. The Bertz CT molecular complexity index is 416. The molecular formula is C14H18O5. The average Bonchev–Trinajstić information content (AvgIpc) is 2.85. The highest BCUT2D eigenvalue weighted by Crippen LogP contribution is 2.34. The van der Waals surface area contributed by atoms with Crippen LogP contribution >= 0.6 is 0 Å². The van der Waals surface area contributed by atoms with E-state index in [9.17, 15) is 9.59 Å². The van der Waals surface area contributed by atoms with Crippen LogP contribution in [0, 0.1) is 0 Å². The zero-order chi connectivity index (χ0) is 14.2. The molecule has 2 rings (SSSR count). The van der Waals surface area contributed by atoms with E-state index in [4.69, 9.17) is 14.2 Å². The molecule has 2 bridgehead atoms. The maximum absolute atomic E-state index is 11.8. The topological polar surface area (TPSA) is 61.8 Å². The smallest absolute Gasteiger partial charge is 0.337 e. The summed E-state index contributed by atoms with van der Waals surface area (Å²) in [7, 11) is 0. The van der Waals surface area contributed by atoms with Crippen molar-refractivity contribution in [1.82, 2.24) is 0 Å². The van der Waals surface area contributed by atoms with E-state index in [1.54, 1.807) is 39.8 Å². The summed E-state index contributed by atoms with van der Waals surface area (Å²) in [6.45, 7) is 7.14. The first kappa shape index (κ1) is 13.8. The van der Waals surface area contributed by atoms with Crippen molar-refractivity contribution < 1.29 is 23.8 Å². The lowest BCUT2D eigenvalue weighted by Crippen LogP contribution is -2.21. The minimum atomic E-state index is -0.494. The monoisotopic (exact) mass is 266 g/mol. The highest BCUT2D eigenvalue weighted by molar-refractivity contribution is 5.96. The molecule has 2 unspecified atom stereocenters. The second-order valence-corrected chi connectivity index (χ2v) is 5.13. The van der Waals surface area contributed by atoms with Gasteiger partial charge in [-0.2, -0.15) is 0 Å². The van der Waals surface area contributed by atoms with Crippen LogP contribution in [0.15, 0.2) is 23.3 Å². The van der Waals surface area contributed by atoms with E-state index in [0.717, 1.165) is 0 Å². The SMILES string of the molecule is CC(C)OC(=O)C1=CC2OC1C=C2C(=O)OC(C)C. The van der Waals surface area contributed by atoms with E-state index in [2.05, 4.69) is 0 Å². The lowest BCUT2D eigenvalue weighted by Gasteiger charge is -2.13. The van der Waals surface area contributed by atoms with E-state index < -0.39 is 24.1 Å². The van der Waals surface area contributed by atoms with E-state index in [1.165, 1.54) is 0 Å². The molecule has 0 aromatic heterocycles.